The first-order valence-electron chi connectivity index (χ1n) is 6.00. The van der Waals surface area contributed by atoms with Crippen LogP contribution in [0.2, 0.25) is 0 Å². The van der Waals surface area contributed by atoms with Crippen LogP contribution < -0.4 is 9.03 Å². The van der Waals surface area contributed by atoms with Crippen molar-refractivity contribution in [2.45, 2.75) is 6.42 Å². The Labute approximate surface area is 118 Å². The molecule has 0 saturated heterocycles. The fourth-order valence-electron chi connectivity index (χ4n) is 1.53. The quantitative estimate of drug-likeness (QED) is 0.646. The zero-order chi connectivity index (χ0) is 15.0. The highest BCUT2D eigenvalue weighted by Gasteiger charge is 2.22. The molecular formula is C12H18N2O5S. The Morgan fingerprint density at radius 3 is 2.55 bits per heavy atom. The highest BCUT2D eigenvalue weighted by atomic mass is 32.2. The zero-order valence-corrected chi connectivity index (χ0v) is 12.0. The number of nitrogens with zero attached hydrogens (tertiary/aromatic N) is 1. The lowest BCUT2D eigenvalue weighted by atomic mass is 10.3. The number of benzene rings is 1. The predicted octanol–water partition coefficient (Wildman–Crippen LogP) is 0.449. The fourth-order valence-corrected chi connectivity index (χ4v) is 2.76. The minimum Gasteiger partial charge on any atom is -0.481 e. The van der Waals surface area contributed by atoms with Crippen molar-refractivity contribution in [3.05, 3.63) is 30.3 Å². The van der Waals surface area contributed by atoms with Gasteiger partial charge in [0, 0.05) is 20.2 Å². The molecule has 112 valence electrons. The summed E-state index contributed by atoms with van der Waals surface area (Å²) in [5.41, 5.74) is 0.415. The van der Waals surface area contributed by atoms with Gasteiger partial charge in [-0.3, -0.25) is 9.10 Å². The first-order chi connectivity index (χ1) is 9.47. The molecule has 0 spiro atoms. The van der Waals surface area contributed by atoms with Crippen molar-refractivity contribution < 1.29 is 23.1 Å². The van der Waals surface area contributed by atoms with Crippen LogP contribution in [0.1, 0.15) is 6.42 Å². The third-order valence-corrected chi connectivity index (χ3v) is 4.00. The van der Waals surface area contributed by atoms with Crippen LogP contribution >= 0.6 is 0 Å². The van der Waals surface area contributed by atoms with Crippen LogP contribution in [0.5, 0.6) is 0 Å². The van der Waals surface area contributed by atoms with Crippen LogP contribution in [-0.4, -0.2) is 46.3 Å². The molecule has 0 aliphatic heterocycles. The first-order valence-corrected chi connectivity index (χ1v) is 7.44. The summed E-state index contributed by atoms with van der Waals surface area (Å²) in [6.45, 7) is 0.220. The summed E-state index contributed by atoms with van der Waals surface area (Å²) in [7, 11) is -2.34. The van der Waals surface area contributed by atoms with Gasteiger partial charge in [-0.05, 0) is 12.1 Å². The van der Waals surface area contributed by atoms with Gasteiger partial charge >= 0.3 is 16.2 Å². The molecule has 7 nitrogen and oxygen atoms in total. The number of carboxylic acid groups (broad SMARTS) is 1. The van der Waals surface area contributed by atoms with Crippen LogP contribution in [0.3, 0.4) is 0 Å². The van der Waals surface area contributed by atoms with Crippen LogP contribution in [0.25, 0.3) is 0 Å². The maximum absolute atomic E-state index is 12.2. The summed E-state index contributed by atoms with van der Waals surface area (Å²) in [5.74, 6) is -1.06. The molecule has 0 unspecified atom stereocenters. The number of anilines is 1. The number of nitrogens with one attached hydrogen (secondary N) is 1. The lowest BCUT2D eigenvalue weighted by molar-refractivity contribution is -0.136. The van der Waals surface area contributed by atoms with Crippen molar-refractivity contribution in [1.82, 2.24) is 4.72 Å². The second-order valence-electron chi connectivity index (χ2n) is 3.94. The van der Waals surface area contributed by atoms with Crippen LogP contribution in [0, 0.1) is 0 Å². The van der Waals surface area contributed by atoms with Crippen LogP contribution in [0.15, 0.2) is 30.3 Å². The predicted molar refractivity (Wildman–Crippen MR) is 74.8 cm³/mol. The van der Waals surface area contributed by atoms with Gasteiger partial charge in [0.1, 0.15) is 0 Å². The second-order valence-corrected chi connectivity index (χ2v) is 5.62. The number of rotatable bonds is 9. The van der Waals surface area contributed by atoms with Gasteiger partial charge in [-0.15, -0.1) is 0 Å². The Bertz CT molecular complexity index is 518. The molecular weight excluding hydrogens is 284 g/mol. The van der Waals surface area contributed by atoms with E-state index in [-0.39, 0.29) is 26.1 Å². The second kappa shape index (κ2) is 7.83. The summed E-state index contributed by atoms with van der Waals surface area (Å²) >= 11 is 0. The van der Waals surface area contributed by atoms with Crippen molar-refractivity contribution in [3.8, 4) is 0 Å². The van der Waals surface area contributed by atoms with Crippen molar-refractivity contribution in [1.29, 1.82) is 0 Å². The first kappa shape index (κ1) is 16.4. The topological polar surface area (TPSA) is 95.9 Å². The van der Waals surface area contributed by atoms with E-state index in [0.717, 1.165) is 4.31 Å². The third-order valence-electron chi connectivity index (χ3n) is 2.45. The number of methoxy groups -OCH3 is 1. The molecule has 0 aliphatic rings. The molecule has 0 atom stereocenters. The summed E-state index contributed by atoms with van der Waals surface area (Å²) in [5, 5.41) is 8.73. The molecule has 8 heteroatoms. The van der Waals surface area contributed by atoms with Crippen molar-refractivity contribution in [2.24, 2.45) is 0 Å². The van der Waals surface area contributed by atoms with Gasteiger partial charge in [-0.1, -0.05) is 18.2 Å². The van der Waals surface area contributed by atoms with Crippen LogP contribution in [-0.2, 0) is 19.7 Å². The minimum absolute atomic E-state index is 0.120. The highest BCUT2D eigenvalue weighted by Crippen LogP contribution is 2.16. The lowest BCUT2D eigenvalue weighted by Crippen LogP contribution is -2.43. The summed E-state index contributed by atoms with van der Waals surface area (Å²) < 4.78 is 32.6. The molecule has 1 aromatic rings. The maximum atomic E-state index is 12.2. The molecule has 1 rings (SSSR count). The maximum Gasteiger partial charge on any atom is 0.305 e. The van der Waals surface area contributed by atoms with E-state index in [4.69, 9.17) is 9.84 Å². The van der Waals surface area contributed by atoms with Gasteiger partial charge in [0.15, 0.2) is 0 Å². The van der Waals surface area contributed by atoms with E-state index in [1.807, 2.05) is 0 Å². The smallest absolute Gasteiger partial charge is 0.305 e. The Balaban J connectivity index is 2.89. The summed E-state index contributed by atoms with van der Waals surface area (Å²) in [4.78, 5) is 10.7. The standard InChI is InChI=1S/C12H18N2O5S/c1-19-10-8-13-20(17,18)14(9-7-12(15)16)11-5-3-2-4-6-11/h2-6,13H,7-10H2,1H3,(H,15,16). The molecule has 1 aromatic carbocycles. The van der Waals surface area contributed by atoms with Crippen LogP contribution in [0.4, 0.5) is 5.69 Å². The van der Waals surface area contributed by atoms with Gasteiger partial charge in [-0.2, -0.15) is 13.1 Å². The Morgan fingerprint density at radius 1 is 1.35 bits per heavy atom. The fraction of sp³-hybridized carbons (Fsp3) is 0.417. The molecule has 20 heavy (non-hydrogen) atoms. The monoisotopic (exact) mass is 302 g/mol. The van der Waals surface area contributed by atoms with Crippen molar-refractivity contribution >= 4 is 21.9 Å². The average molecular weight is 302 g/mol. The lowest BCUT2D eigenvalue weighted by Gasteiger charge is -2.23. The van der Waals surface area contributed by atoms with Gasteiger partial charge in [-0.25, -0.2) is 0 Å². The van der Waals surface area contributed by atoms with Gasteiger partial charge < -0.3 is 9.84 Å². The van der Waals surface area contributed by atoms with E-state index >= 15 is 0 Å². The van der Waals surface area contributed by atoms with E-state index in [9.17, 15) is 13.2 Å². The van der Waals surface area contributed by atoms with Crippen molar-refractivity contribution in [2.75, 3.05) is 31.1 Å². The molecule has 0 aliphatic carbocycles. The van der Waals surface area contributed by atoms with Gasteiger partial charge in [0.05, 0.1) is 18.7 Å². The Hall–Kier alpha value is -1.64. The molecule has 0 saturated carbocycles. The molecule has 0 fully saturated rings. The summed E-state index contributed by atoms with van der Waals surface area (Å²) in [6.07, 6.45) is -0.278. The van der Waals surface area contributed by atoms with E-state index in [1.165, 1.54) is 7.11 Å². The number of ether oxygens (including phenoxy) is 1. The van der Waals surface area contributed by atoms with Crippen molar-refractivity contribution in [3.63, 3.8) is 0 Å². The number of para-hydroxylation sites is 1. The van der Waals surface area contributed by atoms with Gasteiger partial charge in [0.25, 0.3) is 0 Å². The highest BCUT2D eigenvalue weighted by molar-refractivity contribution is 7.90. The summed E-state index contributed by atoms with van der Waals surface area (Å²) in [6, 6.07) is 8.35. The van der Waals surface area contributed by atoms with E-state index in [0.29, 0.717) is 5.69 Å². The van der Waals surface area contributed by atoms with E-state index in [2.05, 4.69) is 4.72 Å². The molecule has 0 aromatic heterocycles. The third kappa shape index (κ3) is 5.16. The SMILES string of the molecule is COCCNS(=O)(=O)N(CCC(=O)O)c1ccccc1. The normalized spacial score (nSPS) is 11.2. The van der Waals surface area contributed by atoms with E-state index in [1.54, 1.807) is 30.3 Å². The zero-order valence-electron chi connectivity index (χ0n) is 11.2. The van der Waals surface area contributed by atoms with E-state index < -0.39 is 16.2 Å². The molecule has 0 bridgehead atoms. The number of hydrogen-bond acceptors (Lipinski definition) is 4. The average Bonchev–Trinajstić information content (AvgIpc) is 2.39. The minimum atomic E-state index is -3.80. The molecule has 0 heterocycles. The number of hydrogen-bond donors (Lipinski definition) is 2. The number of carboxylic acids is 1. The Kier molecular flexibility index (Phi) is 6.43. The number of aliphatic carboxylic acids is 1. The Morgan fingerprint density at radius 2 is 2.00 bits per heavy atom. The largest absolute Gasteiger partial charge is 0.481 e. The van der Waals surface area contributed by atoms with Gasteiger partial charge in [0.2, 0.25) is 0 Å². The molecule has 0 radical (unpaired) electrons. The number of carbonyl (C=O) groups is 1. The molecule has 2 N–H and O–H groups in total. The molecule has 0 amide bonds.